The third kappa shape index (κ3) is 3.09. The Morgan fingerprint density at radius 3 is 3.00 bits per heavy atom. The summed E-state index contributed by atoms with van der Waals surface area (Å²) in [6, 6.07) is 8.45. The Bertz CT molecular complexity index is 731. The summed E-state index contributed by atoms with van der Waals surface area (Å²) in [4.78, 5) is 5.92. The zero-order valence-corrected chi connectivity index (χ0v) is 14.8. The molecular formula is C19H26N2O4. The number of methoxy groups -OCH3 is 1. The Labute approximate surface area is 147 Å². The third-order valence-corrected chi connectivity index (χ3v) is 5.28. The largest absolute Gasteiger partial charge is 0.385 e. The van der Waals surface area contributed by atoms with Crippen molar-refractivity contribution >= 4 is 10.9 Å². The van der Waals surface area contributed by atoms with Gasteiger partial charge in [-0.25, -0.2) is 0 Å². The molecule has 3 heterocycles. The molecular weight excluding hydrogens is 320 g/mol. The number of aliphatic hydroxyl groups is 1. The van der Waals surface area contributed by atoms with Gasteiger partial charge in [-0.1, -0.05) is 18.2 Å². The fourth-order valence-electron chi connectivity index (χ4n) is 4.08. The molecule has 0 radical (unpaired) electrons. The number of aromatic amines is 1. The zero-order valence-electron chi connectivity index (χ0n) is 14.8. The summed E-state index contributed by atoms with van der Waals surface area (Å²) < 4.78 is 16.9. The van der Waals surface area contributed by atoms with Gasteiger partial charge in [0.25, 0.3) is 0 Å². The minimum absolute atomic E-state index is 0.188. The fraction of sp³-hybridized carbons (Fsp3) is 0.579. The van der Waals surface area contributed by atoms with Gasteiger partial charge in [0.2, 0.25) is 0 Å². The van der Waals surface area contributed by atoms with Crippen LogP contribution in [0, 0.1) is 0 Å². The van der Waals surface area contributed by atoms with Crippen molar-refractivity contribution in [3.05, 3.63) is 35.5 Å². The standard InChI is InChI=1S/C19H26N2O4/c1-3-24-18-16(25-19(23-2)17(18)22)11-21-9-8-15-13(10-21)12-6-4-5-7-14(12)20-15/h4-7,16-20,22H,3,8-11H2,1-2H3/t16-,17-,18+,19?/m1/s1. The van der Waals surface area contributed by atoms with Crippen LogP contribution in [-0.4, -0.2) is 66.4 Å². The Morgan fingerprint density at radius 2 is 2.20 bits per heavy atom. The molecule has 0 bridgehead atoms. The molecule has 6 nitrogen and oxygen atoms in total. The summed E-state index contributed by atoms with van der Waals surface area (Å²) in [5.74, 6) is 0. The number of rotatable bonds is 5. The molecule has 2 aromatic rings. The molecule has 1 saturated heterocycles. The number of nitrogens with one attached hydrogen (secondary N) is 1. The van der Waals surface area contributed by atoms with Crippen molar-refractivity contribution in [3.63, 3.8) is 0 Å². The molecule has 2 aliphatic heterocycles. The van der Waals surface area contributed by atoms with E-state index >= 15 is 0 Å². The van der Waals surface area contributed by atoms with Gasteiger partial charge in [0.05, 0.1) is 0 Å². The van der Waals surface area contributed by atoms with Gasteiger partial charge in [0, 0.05) is 56.4 Å². The van der Waals surface area contributed by atoms with E-state index in [9.17, 15) is 5.11 Å². The van der Waals surface area contributed by atoms with Crippen LogP contribution >= 0.6 is 0 Å². The molecule has 6 heteroatoms. The summed E-state index contributed by atoms with van der Waals surface area (Å²) in [5, 5.41) is 11.6. The van der Waals surface area contributed by atoms with Crippen LogP contribution in [0.1, 0.15) is 18.2 Å². The normalized spacial score (nSPS) is 30.0. The molecule has 2 aliphatic rings. The first-order valence-corrected chi connectivity index (χ1v) is 9.00. The number of benzene rings is 1. The van der Waals surface area contributed by atoms with E-state index in [0.29, 0.717) is 6.61 Å². The molecule has 4 rings (SSSR count). The van der Waals surface area contributed by atoms with E-state index in [2.05, 4.69) is 34.1 Å². The van der Waals surface area contributed by atoms with Crippen molar-refractivity contribution < 1.29 is 19.3 Å². The number of hydrogen-bond donors (Lipinski definition) is 2. The van der Waals surface area contributed by atoms with Crippen molar-refractivity contribution in [2.24, 2.45) is 0 Å². The highest BCUT2D eigenvalue weighted by atomic mass is 16.7. The molecule has 4 atom stereocenters. The topological polar surface area (TPSA) is 67.0 Å². The Morgan fingerprint density at radius 1 is 1.36 bits per heavy atom. The SMILES string of the molecule is CCO[C@H]1[C@@H](CN2CCc3[nH]c4ccccc4c3C2)OC(OC)[C@@H]1O. The van der Waals surface area contributed by atoms with Gasteiger partial charge in [-0.3, -0.25) is 4.90 Å². The molecule has 0 aliphatic carbocycles. The van der Waals surface area contributed by atoms with Crippen molar-refractivity contribution in [3.8, 4) is 0 Å². The molecule has 0 spiro atoms. The maximum absolute atomic E-state index is 10.3. The molecule has 1 unspecified atom stereocenters. The highest BCUT2D eigenvalue weighted by Crippen LogP contribution is 2.30. The van der Waals surface area contributed by atoms with Gasteiger partial charge in [0.15, 0.2) is 6.29 Å². The second-order valence-electron chi connectivity index (χ2n) is 6.80. The summed E-state index contributed by atoms with van der Waals surface area (Å²) >= 11 is 0. The molecule has 136 valence electrons. The van der Waals surface area contributed by atoms with E-state index in [4.69, 9.17) is 14.2 Å². The first-order chi connectivity index (χ1) is 12.2. The third-order valence-electron chi connectivity index (χ3n) is 5.28. The van der Waals surface area contributed by atoms with Crippen molar-refractivity contribution in [1.29, 1.82) is 0 Å². The first kappa shape index (κ1) is 17.0. The van der Waals surface area contributed by atoms with Crippen molar-refractivity contribution in [2.45, 2.75) is 44.5 Å². The maximum Gasteiger partial charge on any atom is 0.186 e. The van der Waals surface area contributed by atoms with Crippen LogP contribution in [0.2, 0.25) is 0 Å². The molecule has 1 aromatic heterocycles. The van der Waals surface area contributed by atoms with Gasteiger partial charge < -0.3 is 24.3 Å². The molecule has 0 saturated carbocycles. The quantitative estimate of drug-likeness (QED) is 0.862. The minimum Gasteiger partial charge on any atom is -0.385 e. The van der Waals surface area contributed by atoms with E-state index in [1.165, 1.54) is 22.2 Å². The van der Waals surface area contributed by atoms with E-state index in [1.807, 2.05) is 6.92 Å². The lowest BCUT2D eigenvalue weighted by Crippen LogP contribution is -2.43. The first-order valence-electron chi connectivity index (χ1n) is 9.00. The van der Waals surface area contributed by atoms with E-state index in [1.54, 1.807) is 7.11 Å². The van der Waals surface area contributed by atoms with Crippen LogP contribution in [0.5, 0.6) is 0 Å². The van der Waals surface area contributed by atoms with E-state index in [0.717, 1.165) is 26.1 Å². The van der Waals surface area contributed by atoms with Gasteiger partial charge in [-0.05, 0) is 18.6 Å². The molecule has 25 heavy (non-hydrogen) atoms. The lowest BCUT2D eigenvalue weighted by molar-refractivity contribution is -0.151. The van der Waals surface area contributed by atoms with Crippen LogP contribution in [0.25, 0.3) is 10.9 Å². The summed E-state index contributed by atoms with van der Waals surface area (Å²) in [7, 11) is 1.55. The Balaban J connectivity index is 1.50. The highest BCUT2D eigenvalue weighted by Gasteiger charge is 2.45. The second kappa shape index (κ2) is 7.05. The maximum atomic E-state index is 10.3. The number of hydrogen-bond acceptors (Lipinski definition) is 5. The van der Waals surface area contributed by atoms with Crippen LogP contribution in [-0.2, 0) is 27.2 Å². The van der Waals surface area contributed by atoms with Gasteiger partial charge in [-0.2, -0.15) is 0 Å². The van der Waals surface area contributed by atoms with Crippen LogP contribution < -0.4 is 0 Å². The second-order valence-corrected chi connectivity index (χ2v) is 6.80. The number of para-hydroxylation sites is 1. The fourth-order valence-corrected chi connectivity index (χ4v) is 4.08. The smallest absolute Gasteiger partial charge is 0.186 e. The van der Waals surface area contributed by atoms with E-state index < -0.39 is 12.4 Å². The Hall–Kier alpha value is -1.44. The predicted molar refractivity (Wildman–Crippen MR) is 94.4 cm³/mol. The molecule has 1 aromatic carbocycles. The number of fused-ring (bicyclic) bond motifs is 3. The zero-order chi connectivity index (χ0) is 17.4. The number of ether oxygens (including phenoxy) is 3. The molecule has 0 amide bonds. The van der Waals surface area contributed by atoms with Gasteiger partial charge in [-0.15, -0.1) is 0 Å². The molecule has 2 N–H and O–H groups in total. The highest BCUT2D eigenvalue weighted by molar-refractivity contribution is 5.84. The van der Waals surface area contributed by atoms with Crippen LogP contribution in [0.15, 0.2) is 24.3 Å². The summed E-state index contributed by atoms with van der Waals surface area (Å²) in [6.07, 6.45) is -0.906. The minimum atomic E-state index is -0.747. The number of aromatic nitrogens is 1. The van der Waals surface area contributed by atoms with Crippen molar-refractivity contribution in [2.75, 3.05) is 26.8 Å². The average molecular weight is 346 g/mol. The van der Waals surface area contributed by atoms with Gasteiger partial charge >= 0.3 is 0 Å². The average Bonchev–Trinajstić information content (AvgIpc) is 3.14. The lowest BCUT2D eigenvalue weighted by Gasteiger charge is -2.31. The van der Waals surface area contributed by atoms with Gasteiger partial charge in [0.1, 0.15) is 18.3 Å². The van der Waals surface area contributed by atoms with E-state index in [-0.39, 0.29) is 12.2 Å². The molecule has 1 fully saturated rings. The lowest BCUT2D eigenvalue weighted by atomic mass is 10.0. The predicted octanol–water partition coefficient (Wildman–Crippen LogP) is 1.66. The number of aliphatic hydroxyl groups excluding tert-OH is 1. The summed E-state index contributed by atoms with van der Waals surface area (Å²) in [5.41, 5.74) is 3.91. The summed E-state index contributed by atoms with van der Waals surface area (Å²) in [6.45, 7) is 5.05. The van der Waals surface area contributed by atoms with Crippen molar-refractivity contribution in [1.82, 2.24) is 9.88 Å². The van der Waals surface area contributed by atoms with Crippen LogP contribution in [0.3, 0.4) is 0 Å². The number of H-pyrrole nitrogens is 1. The number of nitrogens with zero attached hydrogens (tertiary/aromatic N) is 1. The Kier molecular flexibility index (Phi) is 4.80. The monoisotopic (exact) mass is 346 g/mol. The van der Waals surface area contributed by atoms with Crippen LogP contribution in [0.4, 0.5) is 0 Å².